The van der Waals surface area contributed by atoms with Gasteiger partial charge in [-0.25, -0.2) is 0 Å². The molecule has 4 heteroatoms. The molecule has 0 amide bonds. The van der Waals surface area contributed by atoms with Gasteiger partial charge in [-0.2, -0.15) is 0 Å². The first-order valence-corrected chi connectivity index (χ1v) is 9.30. The number of rotatable bonds is 6. The molecule has 1 N–H and O–H groups in total. The fourth-order valence-electron chi connectivity index (χ4n) is 3.39. The molecule has 1 aromatic heterocycles. The van der Waals surface area contributed by atoms with Gasteiger partial charge in [-0.1, -0.05) is 60.7 Å². The van der Waals surface area contributed by atoms with Crippen molar-refractivity contribution >= 4 is 5.78 Å². The molecule has 0 fully saturated rings. The van der Waals surface area contributed by atoms with Crippen LogP contribution in [0.2, 0.25) is 0 Å². The average molecular weight is 383 g/mol. The highest BCUT2D eigenvalue weighted by Crippen LogP contribution is 2.34. The van der Waals surface area contributed by atoms with E-state index in [-0.39, 0.29) is 5.78 Å². The topological polar surface area (TPSA) is 51.3 Å². The Kier molecular flexibility index (Phi) is 5.16. The zero-order valence-electron chi connectivity index (χ0n) is 16.3. The molecule has 0 saturated carbocycles. The van der Waals surface area contributed by atoms with Crippen LogP contribution in [0.3, 0.4) is 0 Å². The van der Waals surface area contributed by atoms with Crippen molar-refractivity contribution in [1.29, 1.82) is 0 Å². The Balaban J connectivity index is 1.65. The van der Waals surface area contributed by atoms with Gasteiger partial charge in [-0.15, -0.1) is 0 Å². The monoisotopic (exact) mass is 383 g/mol. The van der Waals surface area contributed by atoms with Gasteiger partial charge in [0.25, 0.3) is 0 Å². The van der Waals surface area contributed by atoms with E-state index >= 15 is 0 Å². The van der Waals surface area contributed by atoms with Gasteiger partial charge in [0.2, 0.25) is 0 Å². The van der Waals surface area contributed by atoms with Crippen LogP contribution in [0.15, 0.2) is 85.2 Å². The van der Waals surface area contributed by atoms with E-state index in [2.05, 4.69) is 17.1 Å². The number of hydrogen-bond donors (Lipinski definition) is 1. The van der Waals surface area contributed by atoms with Crippen LogP contribution in [0.4, 0.5) is 0 Å². The Morgan fingerprint density at radius 3 is 2.07 bits per heavy atom. The van der Waals surface area contributed by atoms with Crippen LogP contribution in [0.25, 0.3) is 22.3 Å². The number of hydrogen-bond acceptors (Lipinski definition) is 3. The summed E-state index contributed by atoms with van der Waals surface area (Å²) in [4.78, 5) is 16.2. The number of ketones is 1. The molecule has 0 spiro atoms. The van der Waals surface area contributed by atoms with E-state index in [1.807, 2.05) is 66.9 Å². The fraction of sp³-hybridized carbons (Fsp3) is 0.0800. The highest BCUT2D eigenvalue weighted by Gasteiger charge is 2.17. The molecule has 4 aromatic rings. The van der Waals surface area contributed by atoms with E-state index in [9.17, 15) is 4.79 Å². The van der Waals surface area contributed by atoms with Crippen LogP contribution in [-0.4, -0.2) is 25.0 Å². The van der Waals surface area contributed by atoms with Crippen LogP contribution < -0.4 is 9.47 Å². The van der Waals surface area contributed by atoms with Gasteiger partial charge in [0, 0.05) is 29.1 Å². The molecule has 0 aliphatic heterocycles. The Bertz CT molecular complexity index is 1130. The minimum absolute atomic E-state index is 0.0318. The summed E-state index contributed by atoms with van der Waals surface area (Å²) in [5.41, 5.74) is 5.17. The molecule has 144 valence electrons. The summed E-state index contributed by atoms with van der Waals surface area (Å²) >= 11 is 0. The number of ether oxygens (including phenoxy) is 2. The first kappa shape index (κ1) is 18.6. The lowest BCUT2D eigenvalue weighted by molar-refractivity contribution is 0.103. The Morgan fingerprint density at radius 1 is 0.724 bits per heavy atom. The van der Waals surface area contributed by atoms with Crippen molar-refractivity contribution in [2.24, 2.45) is 0 Å². The van der Waals surface area contributed by atoms with Gasteiger partial charge in [0.1, 0.15) is 0 Å². The minimum Gasteiger partial charge on any atom is -0.493 e. The number of methoxy groups -OCH3 is 2. The zero-order valence-corrected chi connectivity index (χ0v) is 16.3. The lowest BCUT2D eigenvalue weighted by Gasteiger charge is -2.10. The van der Waals surface area contributed by atoms with Crippen molar-refractivity contribution in [2.75, 3.05) is 14.2 Å². The first-order chi connectivity index (χ1) is 14.2. The standard InChI is InChI=1S/C25H21NO3/c1-28-23-13-12-20(14-24(23)29-2)21-15-26-16-22(21)25(27)19-10-8-18(9-11-19)17-6-4-3-5-7-17/h3-16,26H,1-2H3. The summed E-state index contributed by atoms with van der Waals surface area (Å²) < 4.78 is 10.7. The smallest absolute Gasteiger partial charge is 0.195 e. The van der Waals surface area contributed by atoms with Gasteiger partial charge >= 0.3 is 0 Å². The van der Waals surface area contributed by atoms with Gasteiger partial charge in [-0.05, 0) is 28.8 Å². The second-order valence-corrected chi connectivity index (χ2v) is 6.62. The van der Waals surface area contributed by atoms with Crippen molar-refractivity contribution in [2.45, 2.75) is 0 Å². The number of benzene rings is 3. The van der Waals surface area contributed by atoms with Crippen molar-refractivity contribution in [3.05, 3.63) is 96.3 Å². The number of aromatic nitrogens is 1. The van der Waals surface area contributed by atoms with Gasteiger partial charge in [0.15, 0.2) is 17.3 Å². The van der Waals surface area contributed by atoms with E-state index in [0.717, 1.165) is 22.3 Å². The maximum Gasteiger partial charge on any atom is 0.195 e. The molecule has 0 bridgehead atoms. The van der Waals surface area contributed by atoms with E-state index in [4.69, 9.17) is 9.47 Å². The van der Waals surface area contributed by atoms with Crippen molar-refractivity contribution in [1.82, 2.24) is 4.98 Å². The third-order valence-corrected chi connectivity index (χ3v) is 4.94. The van der Waals surface area contributed by atoms with Crippen molar-refractivity contribution in [3.8, 4) is 33.8 Å². The molecule has 4 rings (SSSR count). The summed E-state index contributed by atoms with van der Waals surface area (Å²) in [7, 11) is 3.20. The Hall–Kier alpha value is -3.79. The average Bonchev–Trinajstić information content (AvgIpc) is 3.28. The molecule has 0 aliphatic carbocycles. The SMILES string of the molecule is COc1ccc(-c2c[nH]cc2C(=O)c2ccc(-c3ccccc3)cc2)cc1OC. The molecule has 0 radical (unpaired) electrons. The third kappa shape index (κ3) is 3.65. The van der Waals surface area contributed by atoms with Crippen LogP contribution in [0.1, 0.15) is 15.9 Å². The first-order valence-electron chi connectivity index (χ1n) is 9.30. The number of nitrogens with one attached hydrogen (secondary N) is 1. The predicted octanol–water partition coefficient (Wildman–Crippen LogP) is 5.60. The van der Waals surface area contributed by atoms with Gasteiger partial charge in [0.05, 0.1) is 14.2 Å². The Labute approximate surface area is 169 Å². The minimum atomic E-state index is -0.0318. The van der Waals surface area contributed by atoms with Crippen LogP contribution in [0, 0.1) is 0 Å². The van der Waals surface area contributed by atoms with Gasteiger partial charge < -0.3 is 14.5 Å². The lowest BCUT2D eigenvalue weighted by atomic mass is 9.96. The summed E-state index contributed by atoms with van der Waals surface area (Å²) in [5.74, 6) is 1.24. The predicted molar refractivity (Wildman–Crippen MR) is 115 cm³/mol. The van der Waals surface area contributed by atoms with E-state index < -0.39 is 0 Å². The molecule has 29 heavy (non-hydrogen) atoms. The summed E-state index contributed by atoms with van der Waals surface area (Å²) in [6, 6.07) is 23.4. The summed E-state index contributed by atoms with van der Waals surface area (Å²) in [6.07, 6.45) is 3.56. The second-order valence-electron chi connectivity index (χ2n) is 6.62. The largest absolute Gasteiger partial charge is 0.493 e. The van der Waals surface area contributed by atoms with Crippen LogP contribution in [0.5, 0.6) is 11.5 Å². The maximum atomic E-state index is 13.2. The van der Waals surface area contributed by atoms with Gasteiger partial charge in [-0.3, -0.25) is 4.79 Å². The van der Waals surface area contributed by atoms with E-state index in [1.54, 1.807) is 20.4 Å². The molecule has 0 aliphatic rings. The molecule has 4 nitrogen and oxygen atoms in total. The third-order valence-electron chi connectivity index (χ3n) is 4.94. The Morgan fingerprint density at radius 2 is 1.38 bits per heavy atom. The lowest BCUT2D eigenvalue weighted by Crippen LogP contribution is -2.01. The molecule has 1 heterocycles. The molecular formula is C25H21NO3. The van der Waals surface area contributed by atoms with Crippen LogP contribution >= 0.6 is 0 Å². The fourth-order valence-corrected chi connectivity index (χ4v) is 3.39. The van der Waals surface area contributed by atoms with Crippen molar-refractivity contribution in [3.63, 3.8) is 0 Å². The number of carbonyl (C=O) groups is 1. The van der Waals surface area contributed by atoms with E-state index in [1.165, 1.54) is 0 Å². The molecular weight excluding hydrogens is 362 g/mol. The highest BCUT2D eigenvalue weighted by atomic mass is 16.5. The highest BCUT2D eigenvalue weighted by molar-refractivity contribution is 6.13. The van der Waals surface area contributed by atoms with Crippen LogP contribution in [-0.2, 0) is 0 Å². The molecule has 0 unspecified atom stereocenters. The number of carbonyl (C=O) groups excluding carboxylic acids is 1. The summed E-state index contributed by atoms with van der Waals surface area (Å²) in [6.45, 7) is 0. The second kappa shape index (κ2) is 8.07. The van der Waals surface area contributed by atoms with Crippen molar-refractivity contribution < 1.29 is 14.3 Å². The molecule has 0 atom stereocenters. The number of H-pyrrole nitrogens is 1. The normalized spacial score (nSPS) is 10.6. The zero-order chi connectivity index (χ0) is 20.2. The maximum absolute atomic E-state index is 13.2. The quantitative estimate of drug-likeness (QED) is 0.441. The number of aromatic amines is 1. The molecule has 3 aromatic carbocycles. The summed E-state index contributed by atoms with van der Waals surface area (Å²) in [5, 5.41) is 0. The molecule has 0 saturated heterocycles. The van der Waals surface area contributed by atoms with E-state index in [0.29, 0.717) is 22.6 Å².